The van der Waals surface area contributed by atoms with Gasteiger partial charge in [0.1, 0.15) is 0 Å². The zero-order valence-electron chi connectivity index (χ0n) is 6.74. The molecule has 72 valence electrons. The highest BCUT2D eigenvalue weighted by molar-refractivity contribution is 9.10. The SMILES string of the molecule is Cc1cc(C(F)(F)F)c(N)cc1Br. The van der Waals surface area contributed by atoms with Crippen molar-refractivity contribution in [2.75, 3.05) is 5.73 Å². The number of hydrogen-bond donors (Lipinski definition) is 1. The Morgan fingerprint density at radius 1 is 1.31 bits per heavy atom. The first-order valence-corrected chi connectivity index (χ1v) is 4.24. The summed E-state index contributed by atoms with van der Waals surface area (Å²) in [6.45, 7) is 1.58. The van der Waals surface area contributed by atoms with E-state index in [2.05, 4.69) is 15.9 Å². The molecule has 0 amide bonds. The normalized spacial score (nSPS) is 11.8. The Bertz CT molecular complexity index is 333. The van der Waals surface area contributed by atoms with Gasteiger partial charge >= 0.3 is 6.18 Å². The summed E-state index contributed by atoms with van der Waals surface area (Å²) in [7, 11) is 0. The largest absolute Gasteiger partial charge is 0.418 e. The molecule has 0 heterocycles. The van der Waals surface area contributed by atoms with Gasteiger partial charge in [-0.25, -0.2) is 0 Å². The van der Waals surface area contributed by atoms with Crippen LogP contribution in [0.1, 0.15) is 11.1 Å². The number of anilines is 1. The van der Waals surface area contributed by atoms with E-state index in [0.717, 1.165) is 6.07 Å². The van der Waals surface area contributed by atoms with E-state index in [1.165, 1.54) is 6.07 Å². The van der Waals surface area contributed by atoms with Gasteiger partial charge in [-0.15, -0.1) is 0 Å². The number of nitrogens with two attached hydrogens (primary N) is 1. The molecule has 5 heteroatoms. The minimum Gasteiger partial charge on any atom is -0.398 e. The van der Waals surface area contributed by atoms with Crippen molar-refractivity contribution in [2.24, 2.45) is 0 Å². The number of alkyl halides is 3. The van der Waals surface area contributed by atoms with Crippen LogP contribution in [0.5, 0.6) is 0 Å². The minimum atomic E-state index is -4.38. The monoisotopic (exact) mass is 253 g/mol. The molecule has 13 heavy (non-hydrogen) atoms. The highest BCUT2D eigenvalue weighted by atomic mass is 79.9. The van der Waals surface area contributed by atoms with Crippen molar-refractivity contribution in [3.05, 3.63) is 27.7 Å². The number of halogens is 4. The summed E-state index contributed by atoms with van der Waals surface area (Å²) in [6.07, 6.45) is -4.38. The molecule has 1 nitrogen and oxygen atoms in total. The standard InChI is InChI=1S/C8H7BrF3N/c1-4-2-5(8(10,11)12)7(13)3-6(4)9/h2-3H,13H2,1H3. The van der Waals surface area contributed by atoms with Crippen molar-refractivity contribution < 1.29 is 13.2 Å². The fraction of sp³-hybridized carbons (Fsp3) is 0.250. The van der Waals surface area contributed by atoms with Gasteiger partial charge in [0.15, 0.2) is 0 Å². The Morgan fingerprint density at radius 2 is 1.85 bits per heavy atom. The highest BCUT2D eigenvalue weighted by Crippen LogP contribution is 2.36. The number of aryl methyl sites for hydroxylation is 1. The van der Waals surface area contributed by atoms with Gasteiger partial charge in [0.25, 0.3) is 0 Å². The molecule has 1 aromatic carbocycles. The van der Waals surface area contributed by atoms with Gasteiger partial charge in [-0.3, -0.25) is 0 Å². The summed E-state index contributed by atoms with van der Waals surface area (Å²) in [5.41, 5.74) is 4.70. The Balaban J connectivity index is 3.32. The molecule has 0 spiro atoms. The van der Waals surface area contributed by atoms with Crippen LogP contribution < -0.4 is 5.73 Å². The average Bonchev–Trinajstić information content (AvgIpc) is 1.94. The zero-order valence-corrected chi connectivity index (χ0v) is 8.33. The number of hydrogen-bond acceptors (Lipinski definition) is 1. The zero-order chi connectivity index (χ0) is 10.2. The molecule has 0 aliphatic heterocycles. The molecular weight excluding hydrogens is 247 g/mol. The molecule has 0 saturated carbocycles. The molecule has 0 bridgehead atoms. The third kappa shape index (κ3) is 2.15. The minimum absolute atomic E-state index is 0.259. The van der Waals surface area contributed by atoms with Crippen LogP contribution in [-0.2, 0) is 6.18 Å². The van der Waals surface area contributed by atoms with E-state index in [4.69, 9.17) is 5.73 Å². The Kier molecular flexibility index (Phi) is 2.56. The van der Waals surface area contributed by atoms with Crippen LogP contribution in [0.2, 0.25) is 0 Å². The number of rotatable bonds is 0. The number of nitrogen functional groups attached to an aromatic ring is 1. The molecular formula is C8H7BrF3N. The van der Waals surface area contributed by atoms with E-state index in [-0.39, 0.29) is 5.69 Å². The lowest BCUT2D eigenvalue weighted by molar-refractivity contribution is -0.136. The second-order valence-corrected chi connectivity index (χ2v) is 3.54. The molecule has 0 atom stereocenters. The lowest BCUT2D eigenvalue weighted by Gasteiger charge is -2.11. The predicted octanol–water partition coefficient (Wildman–Crippen LogP) is 3.36. The van der Waals surface area contributed by atoms with E-state index in [0.29, 0.717) is 10.0 Å². The second-order valence-electron chi connectivity index (χ2n) is 2.69. The molecule has 0 aliphatic rings. The Hall–Kier alpha value is -0.710. The first kappa shape index (κ1) is 10.4. The lowest BCUT2D eigenvalue weighted by Crippen LogP contribution is -2.09. The Morgan fingerprint density at radius 3 is 2.31 bits per heavy atom. The molecule has 0 aromatic heterocycles. The van der Waals surface area contributed by atoms with Gasteiger partial charge in [0.05, 0.1) is 5.56 Å². The fourth-order valence-electron chi connectivity index (χ4n) is 0.942. The van der Waals surface area contributed by atoms with Gasteiger partial charge in [-0.2, -0.15) is 13.2 Å². The van der Waals surface area contributed by atoms with Crippen molar-refractivity contribution in [2.45, 2.75) is 13.1 Å². The predicted molar refractivity (Wildman–Crippen MR) is 48.3 cm³/mol. The van der Waals surface area contributed by atoms with Gasteiger partial charge in [-0.05, 0) is 24.6 Å². The van der Waals surface area contributed by atoms with Crippen LogP contribution in [0.25, 0.3) is 0 Å². The third-order valence-electron chi connectivity index (χ3n) is 1.64. The summed E-state index contributed by atoms with van der Waals surface area (Å²) in [6, 6.07) is 2.29. The molecule has 0 radical (unpaired) electrons. The quantitative estimate of drug-likeness (QED) is 0.706. The first-order chi connectivity index (χ1) is 5.82. The maximum absolute atomic E-state index is 12.3. The van der Waals surface area contributed by atoms with Gasteiger partial charge in [-0.1, -0.05) is 15.9 Å². The summed E-state index contributed by atoms with van der Waals surface area (Å²) in [5.74, 6) is 0. The first-order valence-electron chi connectivity index (χ1n) is 3.45. The number of benzene rings is 1. The molecule has 2 N–H and O–H groups in total. The van der Waals surface area contributed by atoms with E-state index in [1.807, 2.05) is 0 Å². The molecule has 0 saturated heterocycles. The van der Waals surface area contributed by atoms with Crippen molar-refractivity contribution in [3.63, 3.8) is 0 Å². The van der Waals surface area contributed by atoms with Gasteiger partial charge < -0.3 is 5.73 Å². The van der Waals surface area contributed by atoms with Crippen molar-refractivity contribution in [1.29, 1.82) is 0 Å². The van der Waals surface area contributed by atoms with Gasteiger partial charge in [0.2, 0.25) is 0 Å². The summed E-state index contributed by atoms with van der Waals surface area (Å²) < 4.78 is 37.4. The summed E-state index contributed by atoms with van der Waals surface area (Å²) in [4.78, 5) is 0. The lowest BCUT2D eigenvalue weighted by atomic mass is 10.1. The Labute approximate surface area is 81.9 Å². The fourth-order valence-corrected chi connectivity index (χ4v) is 1.30. The van der Waals surface area contributed by atoms with Crippen molar-refractivity contribution >= 4 is 21.6 Å². The van der Waals surface area contributed by atoms with Crippen LogP contribution in [0.15, 0.2) is 16.6 Å². The molecule has 0 aliphatic carbocycles. The smallest absolute Gasteiger partial charge is 0.398 e. The van der Waals surface area contributed by atoms with E-state index in [9.17, 15) is 13.2 Å². The van der Waals surface area contributed by atoms with Crippen LogP contribution in [-0.4, -0.2) is 0 Å². The van der Waals surface area contributed by atoms with Gasteiger partial charge in [0, 0.05) is 10.2 Å². The summed E-state index contributed by atoms with van der Waals surface area (Å²) >= 11 is 3.10. The molecule has 1 rings (SSSR count). The molecule has 1 aromatic rings. The summed E-state index contributed by atoms with van der Waals surface area (Å²) in [5, 5.41) is 0. The maximum Gasteiger partial charge on any atom is 0.418 e. The van der Waals surface area contributed by atoms with E-state index >= 15 is 0 Å². The molecule has 0 unspecified atom stereocenters. The molecule has 0 fully saturated rings. The van der Waals surface area contributed by atoms with Crippen molar-refractivity contribution in [3.8, 4) is 0 Å². The topological polar surface area (TPSA) is 26.0 Å². The second kappa shape index (κ2) is 3.21. The highest BCUT2D eigenvalue weighted by Gasteiger charge is 2.33. The maximum atomic E-state index is 12.3. The van der Waals surface area contributed by atoms with E-state index < -0.39 is 11.7 Å². The van der Waals surface area contributed by atoms with Crippen LogP contribution >= 0.6 is 15.9 Å². The third-order valence-corrected chi connectivity index (χ3v) is 2.49. The van der Waals surface area contributed by atoms with Crippen molar-refractivity contribution in [1.82, 2.24) is 0 Å². The van der Waals surface area contributed by atoms with Crippen LogP contribution in [0.4, 0.5) is 18.9 Å². The van der Waals surface area contributed by atoms with E-state index in [1.54, 1.807) is 6.92 Å². The van der Waals surface area contributed by atoms with Crippen LogP contribution in [0.3, 0.4) is 0 Å². The van der Waals surface area contributed by atoms with Crippen LogP contribution in [0, 0.1) is 6.92 Å². The average molecular weight is 254 g/mol.